The first kappa shape index (κ1) is 19.8. The molecule has 0 radical (unpaired) electrons. The largest absolute Gasteiger partial charge is 0.459 e. The molecule has 3 aromatic rings. The van der Waals surface area contributed by atoms with Gasteiger partial charge in [0.1, 0.15) is 10.7 Å². The Labute approximate surface area is 174 Å². The van der Waals surface area contributed by atoms with Crippen molar-refractivity contribution in [3.63, 3.8) is 0 Å². The van der Waals surface area contributed by atoms with Gasteiger partial charge in [0.2, 0.25) is 0 Å². The highest BCUT2D eigenvalue weighted by atomic mass is 32.1. The molecule has 0 bridgehead atoms. The maximum absolute atomic E-state index is 13.3. The zero-order valence-corrected chi connectivity index (χ0v) is 18.1. The summed E-state index contributed by atoms with van der Waals surface area (Å²) in [5.41, 5.74) is 2.72. The van der Waals surface area contributed by atoms with E-state index < -0.39 is 0 Å². The lowest BCUT2D eigenvalue weighted by atomic mass is 9.89. The van der Waals surface area contributed by atoms with E-state index >= 15 is 0 Å². The Hall–Kier alpha value is -2.47. The summed E-state index contributed by atoms with van der Waals surface area (Å²) in [4.78, 5) is 32.3. The van der Waals surface area contributed by atoms with Crippen LogP contribution in [0.1, 0.15) is 59.4 Å². The number of ether oxygens (including phenoxy) is 1. The van der Waals surface area contributed by atoms with Crippen LogP contribution in [0.5, 0.6) is 0 Å². The molecule has 1 aliphatic carbocycles. The number of carbonyl (C=O) groups excluding carboxylic acids is 1. The number of carbonyl (C=O) groups is 1. The SMILES string of the molecule is Cc1nc2sc3c(c2c(=O)n1Cc1ccc(C(=O)OC(C)C)cc1)CCC(C)C3. The fourth-order valence-electron chi connectivity index (χ4n) is 3.92. The van der Waals surface area contributed by atoms with Gasteiger partial charge in [-0.3, -0.25) is 9.36 Å². The van der Waals surface area contributed by atoms with E-state index in [4.69, 9.17) is 9.72 Å². The van der Waals surface area contributed by atoms with Crippen LogP contribution in [-0.2, 0) is 24.1 Å². The summed E-state index contributed by atoms with van der Waals surface area (Å²) in [5.74, 6) is 1.05. The van der Waals surface area contributed by atoms with Crippen molar-refractivity contribution >= 4 is 27.5 Å². The molecular formula is C23H26N2O3S. The summed E-state index contributed by atoms with van der Waals surface area (Å²) in [6.45, 7) is 8.25. The third kappa shape index (κ3) is 3.86. The van der Waals surface area contributed by atoms with Gasteiger partial charge in [-0.2, -0.15) is 0 Å². The molecule has 0 aliphatic heterocycles. The molecule has 0 spiro atoms. The van der Waals surface area contributed by atoms with Crippen molar-refractivity contribution in [1.82, 2.24) is 9.55 Å². The first-order valence-corrected chi connectivity index (χ1v) is 11.0. The van der Waals surface area contributed by atoms with Gasteiger partial charge in [-0.1, -0.05) is 19.1 Å². The van der Waals surface area contributed by atoms with Gasteiger partial charge in [-0.15, -0.1) is 11.3 Å². The molecule has 1 aromatic carbocycles. The van der Waals surface area contributed by atoms with Crippen LogP contribution in [0.2, 0.25) is 0 Å². The maximum atomic E-state index is 13.3. The van der Waals surface area contributed by atoms with E-state index in [1.54, 1.807) is 28.0 Å². The smallest absolute Gasteiger partial charge is 0.338 e. The number of hydrogen-bond donors (Lipinski definition) is 0. The fraction of sp³-hybridized carbons (Fsp3) is 0.435. The van der Waals surface area contributed by atoms with Crippen LogP contribution in [-0.4, -0.2) is 21.6 Å². The standard InChI is InChI=1S/C23H26N2O3S/c1-13(2)28-23(27)17-8-6-16(7-9-17)12-25-15(4)24-21-20(22(25)26)18-10-5-14(3)11-19(18)29-21/h6-9,13-14H,5,10-12H2,1-4H3. The lowest BCUT2D eigenvalue weighted by Gasteiger charge is -2.17. The van der Waals surface area contributed by atoms with Crippen molar-refractivity contribution in [2.24, 2.45) is 5.92 Å². The lowest BCUT2D eigenvalue weighted by molar-refractivity contribution is 0.0378. The number of thiophene rings is 1. The van der Waals surface area contributed by atoms with E-state index in [0.717, 1.165) is 40.9 Å². The van der Waals surface area contributed by atoms with Crippen LogP contribution in [0, 0.1) is 12.8 Å². The van der Waals surface area contributed by atoms with Crippen molar-refractivity contribution < 1.29 is 9.53 Å². The highest BCUT2D eigenvalue weighted by molar-refractivity contribution is 7.18. The minimum atomic E-state index is -0.331. The van der Waals surface area contributed by atoms with Crippen LogP contribution >= 0.6 is 11.3 Å². The molecule has 0 saturated carbocycles. The van der Waals surface area contributed by atoms with Crippen molar-refractivity contribution in [2.45, 2.75) is 59.6 Å². The number of aromatic nitrogens is 2. The van der Waals surface area contributed by atoms with Gasteiger partial charge in [0.25, 0.3) is 5.56 Å². The average molecular weight is 411 g/mol. The predicted molar refractivity (Wildman–Crippen MR) is 116 cm³/mol. The third-order valence-electron chi connectivity index (χ3n) is 5.48. The summed E-state index contributed by atoms with van der Waals surface area (Å²) in [7, 11) is 0. The summed E-state index contributed by atoms with van der Waals surface area (Å²) in [6.07, 6.45) is 2.98. The van der Waals surface area contributed by atoms with Gasteiger partial charge < -0.3 is 4.74 Å². The highest BCUT2D eigenvalue weighted by Gasteiger charge is 2.24. The van der Waals surface area contributed by atoms with E-state index in [0.29, 0.717) is 18.0 Å². The summed E-state index contributed by atoms with van der Waals surface area (Å²) < 4.78 is 6.97. The highest BCUT2D eigenvalue weighted by Crippen LogP contribution is 2.35. The van der Waals surface area contributed by atoms with Crippen LogP contribution in [0.4, 0.5) is 0 Å². The molecule has 0 saturated heterocycles. The third-order valence-corrected chi connectivity index (χ3v) is 6.63. The Morgan fingerprint density at radius 2 is 2.03 bits per heavy atom. The van der Waals surface area contributed by atoms with Crippen molar-refractivity contribution in [3.05, 3.63) is 62.0 Å². The first-order chi connectivity index (χ1) is 13.8. The Balaban J connectivity index is 1.66. The van der Waals surface area contributed by atoms with Crippen molar-refractivity contribution in [2.75, 3.05) is 0 Å². The molecule has 29 heavy (non-hydrogen) atoms. The first-order valence-electron chi connectivity index (χ1n) is 10.1. The zero-order valence-electron chi connectivity index (χ0n) is 17.3. The Morgan fingerprint density at radius 1 is 1.31 bits per heavy atom. The summed E-state index contributed by atoms with van der Waals surface area (Å²) >= 11 is 1.68. The van der Waals surface area contributed by atoms with E-state index in [9.17, 15) is 9.59 Å². The number of hydrogen-bond acceptors (Lipinski definition) is 5. The monoisotopic (exact) mass is 410 g/mol. The topological polar surface area (TPSA) is 61.2 Å². The molecule has 152 valence electrons. The number of rotatable bonds is 4. The van der Waals surface area contributed by atoms with Crippen LogP contribution < -0.4 is 5.56 Å². The van der Waals surface area contributed by atoms with Gasteiger partial charge in [-0.05, 0) is 69.2 Å². The second kappa shape index (κ2) is 7.75. The van der Waals surface area contributed by atoms with Crippen LogP contribution in [0.25, 0.3) is 10.2 Å². The van der Waals surface area contributed by atoms with Crippen LogP contribution in [0.3, 0.4) is 0 Å². The molecule has 6 heteroatoms. The van der Waals surface area contributed by atoms with E-state index in [1.165, 1.54) is 10.4 Å². The molecule has 0 N–H and O–H groups in total. The molecule has 1 unspecified atom stereocenters. The van der Waals surface area contributed by atoms with Gasteiger partial charge in [0, 0.05) is 4.88 Å². The normalized spacial score (nSPS) is 16.2. The Bertz CT molecular complexity index is 1130. The second-order valence-corrected chi connectivity index (χ2v) is 9.32. The quantitative estimate of drug-likeness (QED) is 0.594. The Kier molecular flexibility index (Phi) is 5.30. The number of esters is 1. The number of fused-ring (bicyclic) bond motifs is 3. The maximum Gasteiger partial charge on any atom is 0.338 e. The molecule has 2 heterocycles. The predicted octanol–water partition coefficient (Wildman–Crippen LogP) is 4.50. The van der Waals surface area contributed by atoms with Gasteiger partial charge in [0.15, 0.2) is 0 Å². The molecule has 0 amide bonds. The number of benzene rings is 1. The lowest BCUT2D eigenvalue weighted by Crippen LogP contribution is -2.25. The molecular weight excluding hydrogens is 384 g/mol. The Morgan fingerprint density at radius 3 is 2.72 bits per heavy atom. The van der Waals surface area contributed by atoms with Gasteiger partial charge in [0.05, 0.1) is 23.6 Å². The van der Waals surface area contributed by atoms with Crippen molar-refractivity contribution in [1.29, 1.82) is 0 Å². The molecule has 0 fully saturated rings. The molecule has 1 aliphatic rings. The van der Waals surface area contributed by atoms with Gasteiger partial charge in [-0.25, -0.2) is 9.78 Å². The molecule has 4 rings (SSSR count). The molecule has 2 aromatic heterocycles. The number of aryl methyl sites for hydroxylation is 2. The minimum Gasteiger partial charge on any atom is -0.459 e. The zero-order chi connectivity index (χ0) is 20.7. The van der Waals surface area contributed by atoms with Crippen LogP contribution in [0.15, 0.2) is 29.1 Å². The van der Waals surface area contributed by atoms with Crippen molar-refractivity contribution in [3.8, 4) is 0 Å². The second-order valence-electron chi connectivity index (χ2n) is 8.23. The van der Waals surface area contributed by atoms with E-state index in [-0.39, 0.29) is 17.6 Å². The molecule has 1 atom stereocenters. The van der Waals surface area contributed by atoms with E-state index in [1.807, 2.05) is 32.9 Å². The summed E-state index contributed by atoms with van der Waals surface area (Å²) in [5, 5.41) is 0.805. The fourth-order valence-corrected chi connectivity index (χ4v) is 5.34. The van der Waals surface area contributed by atoms with Gasteiger partial charge >= 0.3 is 5.97 Å². The summed E-state index contributed by atoms with van der Waals surface area (Å²) in [6, 6.07) is 7.25. The van der Waals surface area contributed by atoms with E-state index in [2.05, 4.69) is 6.92 Å². The number of nitrogens with zero attached hydrogens (tertiary/aromatic N) is 2. The average Bonchev–Trinajstić information content (AvgIpc) is 3.02. The minimum absolute atomic E-state index is 0.0443. The molecule has 5 nitrogen and oxygen atoms in total.